The van der Waals surface area contributed by atoms with E-state index in [0.29, 0.717) is 5.75 Å². The van der Waals surface area contributed by atoms with Crippen LogP contribution in [-0.4, -0.2) is 11.2 Å². The molecule has 3 nitrogen and oxygen atoms in total. The molecule has 0 heterocycles. The molecule has 1 atom stereocenters. The minimum Gasteiger partial charge on any atom is -0.508 e. The van der Waals surface area contributed by atoms with Gasteiger partial charge in [0, 0.05) is 17.8 Å². The number of phenolic OH excluding ortho intramolecular Hbond substituents is 1. The monoisotopic (exact) mass is 285 g/mol. The van der Waals surface area contributed by atoms with Crippen LogP contribution in [-0.2, 0) is 0 Å². The Bertz CT molecular complexity index is 591. The predicted molar refractivity (Wildman–Crippen MR) is 87.1 cm³/mol. The van der Waals surface area contributed by atoms with Crippen LogP contribution in [0.5, 0.6) is 11.5 Å². The molecule has 0 radical (unpaired) electrons. The number of aryl methyl sites for hydroxylation is 1. The molecule has 112 valence electrons. The molecular weight excluding hydrogens is 262 g/mol. The highest BCUT2D eigenvalue weighted by molar-refractivity contribution is 5.52. The first-order chi connectivity index (χ1) is 9.95. The van der Waals surface area contributed by atoms with Crippen LogP contribution < -0.4 is 10.1 Å². The lowest BCUT2D eigenvalue weighted by Gasteiger charge is -2.17. The first kappa shape index (κ1) is 15.2. The molecule has 21 heavy (non-hydrogen) atoms. The molecule has 0 aliphatic carbocycles. The average molecular weight is 285 g/mol. The third-order valence-electron chi connectivity index (χ3n) is 3.34. The smallest absolute Gasteiger partial charge is 0.120 e. The Labute approximate surface area is 126 Å². The van der Waals surface area contributed by atoms with Gasteiger partial charge in [-0.3, -0.25) is 0 Å². The number of hydrogen-bond acceptors (Lipinski definition) is 3. The summed E-state index contributed by atoms with van der Waals surface area (Å²) in [5, 5.41) is 13.1. The van der Waals surface area contributed by atoms with Crippen molar-refractivity contribution in [1.29, 1.82) is 0 Å². The average Bonchev–Trinajstić information content (AvgIpc) is 2.43. The van der Waals surface area contributed by atoms with Gasteiger partial charge in [-0.1, -0.05) is 18.2 Å². The lowest BCUT2D eigenvalue weighted by Crippen LogP contribution is -2.08. The number of nitrogens with one attached hydrogen (secondary N) is 1. The summed E-state index contributed by atoms with van der Waals surface area (Å²) < 4.78 is 5.64. The number of aromatic hydroxyl groups is 1. The zero-order chi connectivity index (χ0) is 15.4. The van der Waals surface area contributed by atoms with Crippen LogP contribution in [0.3, 0.4) is 0 Å². The van der Waals surface area contributed by atoms with Crippen LogP contribution in [0.2, 0.25) is 0 Å². The molecule has 2 aromatic rings. The lowest BCUT2D eigenvalue weighted by atomic mass is 10.1. The maximum Gasteiger partial charge on any atom is 0.120 e. The van der Waals surface area contributed by atoms with Crippen molar-refractivity contribution in [3.8, 4) is 11.5 Å². The molecule has 0 bridgehead atoms. The van der Waals surface area contributed by atoms with Gasteiger partial charge in [0.25, 0.3) is 0 Å². The second-order valence-corrected chi connectivity index (χ2v) is 5.60. The van der Waals surface area contributed by atoms with Gasteiger partial charge in [0.2, 0.25) is 0 Å². The zero-order valence-electron chi connectivity index (χ0n) is 13.1. The fraction of sp³-hybridized carbons (Fsp3) is 0.333. The van der Waals surface area contributed by atoms with Gasteiger partial charge in [-0.25, -0.2) is 0 Å². The van der Waals surface area contributed by atoms with Gasteiger partial charge in [0.1, 0.15) is 11.5 Å². The summed E-state index contributed by atoms with van der Waals surface area (Å²) in [5.41, 5.74) is 2.96. The second-order valence-electron chi connectivity index (χ2n) is 5.60. The van der Waals surface area contributed by atoms with Gasteiger partial charge in [-0.2, -0.15) is 0 Å². The Morgan fingerprint density at radius 3 is 2.24 bits per heavy atom. The van der Waals surface area contributed by atoms with E-state index in [1.807, 2.05) is 45.0 Å². The van der Waals surface area contributed by atoms with Gasteiger partial charge in [-0.05, 0) is 57.0 Å². The number of ether oxygens (including phenoxy) is 1. The molecule has 0 aliphatic heterocycles. The van der Waals surface area contributed by atoms with Crippen molar-refractivity contribution in [3.63, 3.8) is 0 Å². The van der Waals surface area contributed by atoms with Gasteiger partial charge < -0.3 is 15.2 Å². The minimum atomic E-state index is 0.153. The molecule has 3 heteroatoms. The van der Waals surface area contributed by atoms with Crippen LogP contribution in [0, 0.1) is 6.92 Å². The third kappa shape index (κ3) is 4.15. The fourth-order valence-electron chi connectivity index (χ4n) is 2.14. The molecule has 0 saturated heterocycles. The molecule has 2 rings (SSSR count). The first-order valence-electron chi connectivity index (χ1n) is 7.28. The Balaban J connectivity index is 2.05. The van der Waals surface area contributed by atoms with Gasteiger partial charge in [0.15, 0.2) is 0 Å². The lowest BCUT2D eigenvalue weighted by molar-refractivity contribution is 0.242. The molecule has 0 saturated carbocycles. The zero-order valence-corrected chi connectivity index (χ0v) is 13.1. The molecule has 1 unspecified atom stereocenters. The highest BCUT2D eigenvalue weighted by Crippen LogP contribution is 2.25. The number of anilines is 1. The quantitative estimate of drug-likeness (QED) is 0.839. The van der Waals surface area contributed by atoms with Crippen LogP contribution in [0.25, 0.3) is 0 Å². The van der Waals surface area contributed by atoms with Crippen LogP contribution in [0.15, 0.2) is 42.5 Å². The highest BCUT2D eigenvalue weighted by Gasteiger charge is 2.07. The maximum absolute atomic E-state index is 9.75. The van der Waals surface area contributed by atoms with Crippen molar-refractivity contribution >= 4 is 5.69 Å². The Kier molecular flexibility index (Phi) is 4.73. The van der Waals surface area contributed by atoms with Gasteiger partial charge >= 0.3 is 0 Å². The highest BCUT2D eigenvalue weighted by atomic mass is 16.5. The van der Waals surface area contributed by atoms with E-state index in [4.69, 9.17) is 4.74 Å². The van der Waals surface area contributed by atoms with E-state index in [0.717, 1.165) is 17.0 Å². The van der Waals surface area contributed by atoms with Crippen LogP contribution in [0.1, 0.15) is 37.9 Å². The number of hydrogen-bond donors (Lipinski definition) is 2. The third-order valence-corrected chi connectivity index (χ3v) is 3.34. The number of benzene rings is 2. The van der Waals surface area contributed by atoms with Crippen LogP contribution >= 0.6 is 0 Å². The van der Waals surface area contributed by atoms with E-state index in [-0.39, 0.29) is 12.1 Å². The number of rotatable bonds is 5. The SMILES string of the molecule is Cc1ccc(NC(C)c2ccc(OC(C)C)cc2)cc1O. The van der Waals surface area contributed by atoms with E-state index in [9.17, 15) is 5.11 Å². The molecular formula is C18H23NO2. The number of phenols is 1. The standard InChI is InChI=1S/C18H23NO2/c1-12(2)21-17-9-6-15(7-10-17)14(4)19-16-8-5-13(3)18(20)11-16/h5-12,14,19-20H,1-4H3. The van der Waals surface area contributed by atoms with Crippen molar-refractivity contribution < 1.29 is 9.84 Å². The molecule has 2 N–H and O–H groups in total. The van der Waals surface area contributed by atoms with Crippen LogP contribution in [0.4, 0.5) is 5.69 Å². The van der Waals surface area contributed by atoms with Crippen molar-refractivity contribution in [2.24, 2.45) is 0 Å². The van der Waals surface area contributed by atoms with Gasteiger partial charge in [-0.15, -0.1) is 0 Å². The molecule has 0 aliphatic rings. The maximum atomic E-state index is 9.75. The van der Waals surface area contributed by atoms with E-state index < -0.39 is 0 Å². The van der Waals surface area contributed by atoms with Crippen molar-refractivity contribution in [3.05, 3.63) is 53.6 Å². The second kappa shape index (κ2) is 6.53. The van der Waals surface area contributed by atoms with E-state index in [1.54, 1.807) is 6.07 Å². The first-order valence-corrected chi connectivity index (χ1v) is 7.28. The summed E-state index contributed by atoms with van der Waals surface area (Å²) in [7, 11) is 0. The van der Waals surface area contributed by atoms with E-state index >= 15 is 0 Å². The largest absolute Gasteiger partial charge is 0.508 e. The Morgan fingerprint density at radius 1 is 1.00 bits per heavy atom. The van der Waals surface area contributed by atoms with Crippen molar-refractivity contribution in [2.45, 2.75) is 39.8 Å². The molecule has 2 aromatic carbocycles. The fourth-order valence-corrected chi connectivity index (χ4v) is 2.14. The summed E-state index contributed by atoms with van der Waals surface area (Å²) in [5.74, 6) is 1.20. The minimum absolute atomic E-state index is 0.153. The Hall–Kier alpha value is -2.16. The molecule has 0 fully saturated rings. The molecule has 0 amide bonds. The van der Waals surface area contributed by atoms with Crippen molar-refractivity contribution in [2.75, 3.05) is 5.32 Å². The summed E-state index contributed by atoms with van der Waals surface area (Å²) in [6.45, 7) is 8.01. The van der Waals surface area contributed by atoms with Crippen molar-refractivity contribution in [1.82, 2.24) is 0 Å². The molecule has 0 aromatic heterocycles. The van der Waals surface area contributed by atoms with E-state index in [1.165, 1.54) is 5.56 Å². The topological polar surface area (TPSA) is 41.5 Å². The Morgan fingerprint density at radius 2 is 1.67 bits per heavy atom. The summed E-state index contributed by atoms with van der Waals surface area (Å²) in [6, 6.07) is 13.9. The predicted octanol–water partition coefficient (Wildman–Crippen LogP) is 4.66. The summed E-state index contributed by atoms with van der Waals surface area (Å²) in [6.07, 6.45) is 0.182. The van der Waals surface area contributed by atoms with E-state index in [2.05, 4.69) is 24.4 Å². The van der Waals surface area contributed by atoms with Gasteiger partial charge in [0.05, 0.1) is 6.10 Å². The molecule has 0 spiro atoms. The summed E-state index contributed by atoms with van der Waals surface area (Å²) in [4.78, 5) is 0. The normalized spacial score (nSPS) is 12.2. The summed E-state index contributed by atoms with van der Waals surface area (Å²) >= 11 is 0.